The first kappa shape index (κ1) is 24.1. The molecule has 5 nitrogen and oxygen atoms in total. The Morgan fingerprint density at radius 3 is 2.31 bits per heavy atom. The lowest BCUT2D eigenvalue weighted by atomic mass is 9.95. The highest BCUT2D eigenvalue weighted by Crippen LogP contribution is 2.42. The third-order valence-electron chi connectivity index (χ3n) is 6.13. The van der Waals surface area contributed by atoms with E-state index < -0.39 is 8.32 Å². The van der Waals surface area contributed by atoms with Crippen molar-refractivity contribution in [2.24, 2.45) is 5.92 Å². The van der Waals surface area contributed by atoms with Crippen LogP contribution in [-0.4, -0.2) is 47.6 Å². The van der Waals surface area contributed by atoms with E-state index in [9.17, 15) is 0 Å². The molecule has 1 aromatic carbocycles. The largest absolute Gasteiger partial charge is 0.497 e. The minimum Gasteiger partial charge on any atom is -0.497 e. The van der Waals surface area contributed by atoms with Crippen molar-refractivity contribution in [3.63, 3.8) is 0 Å². The first-order valence-corrected chi connectivity index (χ1v) is 13.2. The van der Waals surface area contributed by atoms with E-state index in [1.54, 1.807) is 14.2 Å². The highest BCUT2D eigenvalue weighted by Gasteiger charge is 2.49. The summed E-state index contributed by atoms with van der Waals surface area (Å²) in [6.07, 6.45) is 2.09. The van der Waals surface area contributed by atoms with E-state index in [1.807, 2.05) is 30.3 Å². The first-order valence-electron chi connectivity index (χ1n) is 10.3. The van der Waals surface area contributed by atoms with Crippen LogP contribution in [0, 0.1) is 5.92 Å². The molecule has 4 atom stereocenters. The van der Waals surface area contributed by atoms with Crippen molar-refractivity contribution in [2.45, 2.75) is 70.4 Å². The molecule has 1 aliphatic heterocycles. The van der Waals surface area contributed by atoms with Gasteiger partial charge in [-0.2, -0.15) is 0 Å². The van der Waals surface area contributed by atoms with Crippen LogP contribution in [0.25, 0.3) is 0 Å². The normalized spacial score (nSPS) is 25.2. The van der Waals surface area contributed by atoms with Crippen molar-refractivity contribution < 1.29 is 23.4 Å². The van der Waals surface area contributed by atoms with Crippen LogP contribution in [0.1, 0.15) is 32.8 Å². The van der Waals surface area contributed by atoms with Gasteiger partial charge in [0.2, 0.25) is 0 Å². The van der Waals surface area contributed by atoms with Gasteiger partial charge in [0.1, 0.15) is 11.9 Å². The van der Waals surface area contributed by atoms with Crippen molar-refractivity contribution in [3.8, 4) is 5.75 Å². The lowest BCUT2D eigenvalue weighted by Gasteiger charge is -2.40. The highest BCUT2D eigenvalue weighted by molar-refractivity contribution is 6.74. The van der Waals surface area contributed by atoms with Gasteiger partial charge >= 0.3 is 0 Å². The van der Waals surface area contributed by atoms with Crippen molar-refractivity contribution >= 4 is 8.32 Å². The number of methoxy groups -OCH3 is 2. The lowest BCUT2D eigenvalue weighted by Crippen LogP contribution is -2.48. The Balaban J connectivity index is 1.99. The second-order valence-corrected chi connectivity index (χ2v) is 13.9. The molecule has 0 unspecified atom stereocenters. The molecule has 0 saturated carbocycles. The maximum atomic E-state index is 6.72. The lowest BCUT2D eigenvalue weighted by molar-refractivity contribution is -0.138. The Morgan fingerprint density at radius 1 is 1.14 bits per heavy atom. The quantitative estimate of drug-likeness (QED) is 0.296. The molecule has 0 aliphatic carbocycles. The second-order valence-electron chi connectivity index (χ2n) is 9.14. The second kappa shape index (κ2) is 10.2. The van der Waals surface area contributed by atoms with Gasteiger partial charge in [-0.1, -0.05) is 39.0 Å². The third-order valence-corrected chi connectivity index (χ3v) is 10.6. The summed E-state index contributed by atoms with van der Waals surface area (Å²) >= 11 is 0. The summed E-state index contributed by atoms with van der Waals surface area (Å²) in [5.41, 5.74) is 1.12. The van der Waals surface area contributed by atoms with Gasteiger partial charge in [0.25, 0.3) is 0 Å². The van der Waals surface area contributed by atoms with E-state index in [2.05, 4.69) is 40.4 Å². The summed E-state index contributed by atoms with van der Waals surface area (Å²) < 4.78 is 29.6. The van der Waals surface area contributed by atoms with Gasteiger partial charge < -0.3 is 23.4 Å². The van der Waals surface area contributed by atoms with Crippen LogP contribution in [0.2, 0.25) is 18.1 Å². The monoisotopic (exact) mass is 422 g/mol. The fourth-order valence-electron chi connectivity index (χ4n) is 3.26. The highest BCUT2D eigenvalue weighted by atomic mass is 28.4. The maximum Gasteiger partial charge on any atom is 0.192 e. The molecule has 0 bridgehead atoms. The van der Waals surface area contributed by atoms with E-state index >= 15 is 0 Å². The summed E-state index contributed by atoms with van der Waals surface area (Å²) in [6.45, 7) is 16.4. The molecule has 2 rings (SSSR count). The number of rotatable bonds is 10. The van der Waals surface area contributed by atoms with Gasteiger partial charge in [0.05, 0.1) is 19.8 Å². The minimum atomic E-state index is -1.97. The van der Waals surface area contributed by atoms with Crippen LogP contribution in [0.5, 0.6) is 5.75 Å². The van der Waals surface area contributed by atoms with E-state index in [-0.39, 0.29) is 29.5 Å². The van der Waals surface area contributed by atoms with Crippen LogP contribution >= 0.6 is 0 Å². The fourth-order valence-corrected chi connectivity index (χ4v) is 4.58. The average molecular weight is 423 g/mol. The van der Waals surface area contributed by atoms with E-state index in [1.165, 1.54) is 0 Å². The zero-order valence-electron chi connectivity index (χ0n) is 19.1. The van der Waals surface area contributed by atoms with Crippen LogP contribution in [0.4, 0.5) is 0 Å². The smallest absolute Gasteiger partial charge is 0.192 e. The van der Waals surface area contributed by atoms with Gasteiger partial charge in [0, 0.05) is 19.6 Å². The summed E-state index contributed by atoms with van der Waals surface area (Å²) in [4.78, 5) is 0. The van der Waals surface area contributed by atoms with E-state index in [4.69, 9.17) is 23.4 Å². The van der Waals surface area contributed by atoms with Crippen LogP contribution in [-0.2, 0) is 25.2 Å². The molecule has 6 heteroatoms. The van der Waals surface area contributed by atoms with Crippen LogP contribution < -0.4 is 4.74 Å². The molecule has 29 heavy (non-hydrogen) atoms. The Hall–Kier alpha value is -1.18. The summed E-state index contributed by atoms with van der Waals surface area (Å²) in [5, 5.41) is 0.118. The van der Waals surface area contributed by atoms with Crippen molar-refractivity contribution in [1.82, 2.24) is 0 Å². The Kier molecular flexibility index (Phi) is 8.49. The van der Waals surface area contributed by atoms with E-state index in [0.29, 0.717) is 13.2 Å². The molecule has 0 N–H and O–H groups in total. The van der Waals surface area contributed by atoms with Gasteiger partial charge in [-0.15, -0.1) is 6.58 Å². The third kappa shape index (κ3) is 6.15. The molecule has 0 radical (unpaired) electrons. The van der Waals surface area contributed by atoms with E-state index in [0.717, 1.165) is 17.7 Å². The molecule has 1 heterocycles. The SMILES string of the molecule is C=C[C@H]1O[C@@H](OC)[C@H](O[Si](C)(C)C(C)(C)C)[C@@H]1CCOCc1ccc(OC)cc1. The molecular formula is C23H38O5Si. The molecule has 164 valence electrons. The number of hydrogen-bond acceptors (Lipinski definition) is 5. The molecular weight excluding hydrogens is 384 g/mol. The summed E-state index contributed by atoms with van der Waals surface area (Å²) in [7, 11) is 1.38. The van der Waals surface area contributed by atoms with Crippen LogP contribution in [0.15, 0.2) is 36.9 Å². The Bertz CT molecular complexity index is 638. The standard InChI is InChI=1S/C23H38O5Si/c1-9-20-19(14-15-26-16-17-10-12-18(24-5)13-11-17)21(22(25-6)27-20)28-29(7,8)23(2,3)4/h9-13,19-22H,1,14-16H2,2-8H3/t19-,20-,21-,22-/m1/s1. The summed E-state index contributed by atoms with van der Waals surface area (Å²) in [5.74, 6) is 1.00. The summed E-state index contributed by atoms with van der Waals surface area (Å²) in [6, 6.07) is 7.94. The predicted octanol–water partition coefficient (Wildman–Crippen LogP) is 5.17. The van der Waals surface area contributed by atoms with Crippen molar-refractivity contribution in [2.75, 3.05) is 20.8 Å². The van der Waals surface area contributed by atoms with Gasteiger partial charge in [0.15, 0.2) is 14.6 Å². The fraction of sp³-hybridized carbons (Fsp3) is 0.652. The zero-order valence-corrected chi connectivity index (χ0v) is 20.1. The minimum absolute atomic E-state index is 0.0979. The van der Waals surface area contributed by atoms with Crippen molar-refractivity contribution in [3.05, 3.63) is 42.5 Å². The topological polar surface area (TPSA) is 46.2 Å². The molecule has 1 aromatic rings. The molecule has 0 spiro atoms. The number of hydrogen-bond donors (Lipinski definition) is 0. The number of ether oxygens (including phenoxy) is 4. The van der Waals surface area contributed by atoms with Crippen LogP contribution in [0.3, 0.4) is 0 Å². The number of benzene rings is 1. The first-order chi connectivity index (χ1) is 13.6. The Labute approximate surface area is 177 Å². The Morgan fingerprint density at radius 2 is 1.79 bits per heavy atom. The average Bonchev–Trinajstić information content (AvgIpc) is 3.00. The maximum absolute atomic E-state index is 6.72. The molecule has 0 aromatic heterocycles. The molecule has 1 saturated heterocycles. The predicted molar refractivity (Wildman–Crippen MR) is 119 cm³/mol. The molecule has 1 fully saturated rings. The molecule has 0 amide bonds. The molecule has 1 aliphatic rings. The van der Waals surface area contributed by atoms with Gasteiger partial charge in [-0.05, 0) is 42.2 Å². The van der Waals surface area contributed by atoms with Crippen molar-refractivity contribution in [1.29, 1.82) is 0 Å². The zero-order chi connectivity index (χ0) is 21.7. The van der Waals surface area contributed by atoms with Gasteiger partial charge in [-0.25, -0.2) is 0 Å². The van der Waals surface area contributed by atoms with Gasteiger partial charge in [-0.3, -0.25) is 0 Å².